The molecule has 0 aliphatic rings. The number of methoxy groups -OCH3 is 1. The van der Waals surface area contributed by atoms with E-state index in [1.165, 1.54) is 5.56 Å². The van der Waals surface area contributed by atoms with Crippen LogP contribution in [0.15, 0.2) is 28.8 Å². The molecule has 0 saturated carbocycles. The average Bonchev–Trinajstić information content (AvgIpc) is 2.91. The van der Waals surface area contributed by atoms with Crippen LogP contribution in [0.1, 0.15) is 24.2 Å². The fourth-order valence-corrected chi connectivity index (χ4v) is 1.74. The van der Waals surface area contributed by atoms with Crippen molar-refractivity contribution in [3.63, 3.8) is 0 Å². The molecule has 0 aliphatic carbocycles. The lowest BCUT2D eigenvalue weighted by atomic mass is 10.1. The minimum Gasteiger partial charge on any atom is -0.497 e. The Morgan fingerprint density at radius 1 is 1.21 bits per heavy atom. The number of aryl methyl sites for hydroxylation is 2. The van der Waals surface area contributed by atoms with E-state index < -0.39 is 0 Å². The van der Waals surface area contributed by atoms with E-state index in [1.807, 2.05) is 19.1 Å². The zero-order valence-electron chi connectivity index (χ0n) is 11.3. The van der Waals surface area contributed by atoms with Crippen LogP contribution >= 0.6 is 0 Å². The van der Waals surface area contributed by atoms with Crippen LogP contribution in [-0.2, 0) is 19.4 Å². The van der Waals surface area contributed by atoms with Crippen LogP contribution in [0, 0.1) is 0 Å². The summed E-state index contributed by atoms with van der Waals surface area (Å²) in [6, 6.07) is 8.02. The number of aromatic nitrogens is 2. The molecular formula is C14H19N3O2. The van der Waals surface area contributed by atoms with Crippen LogP contribution in [0.4, 0.5) is 0 Å². The van der Waals surface area contributed by atoms with Crippen LogP contribution in [0.5, 0.6) is 5.75 Å². The minimum absolute atomic E-state index is 0.655. The first kappa shape index (κ1) is 13.5. The van der Waals surface area contributed by atoms with Gasteiger partial charge in [0.15, 0.2) is 5.82 Å². The Morgan fingerprint density at radius 2 is 2.00 bits per heavy atom. The van der Waals surface area contributed by atoms with E-state index in [1.54, 1.807) is 7.11 Å². The second-order valence-electron chi connectivity index (χ2n) is 4.23. The van der Waals surface area contributed by atoms with Crippen LogP contribution in [-0.4, -0.2) is 23.8 Å². The van der Waals surface area contributed by atoms with Gasteiger partial charge in [-0.3, -0.25) is 0 Å². The SMILES string of the molecule is CCNCc1noc(CCc2ccc(OC)cc2)n1. The van der Waals surface area contributed by atoms with Gasteiger partial charge >= 0.3 is 0 Å². The summed E-state index contributed by atoms with van der Waals surface area (Å²) in [7, 11) is 1.67. The Balaban J connectivity index is 1.85. The molecule has 1 aromatic heterocycles. The van der Waals surface area contributed by atoms with Crippen molar-refractivity contribution in [3.05, 3.63) is 41.5 Å². The first-order chi connectivity index (χ1) is 9.31. The predicted octanol–water partition coefficient (Wildman–Crippen LogP) is 1.97. The van der Waals surface area contributed by atoms with E-state index in [0.29, 0.717) is 18.3 Å². The molecule has 5 heteroatoms. The number of nitrogens with zero attached hydrogens (tertiary/aromatic N) is 2. The number of nitrogens with one attached hydrogen (secondary N) is 1. The zero-order valence-corrected chi connectivity index (χ0v) is 11.3. The molecule has 0 spiro atoms. The summed E-state index contributed by atoms with van der Waals surface area (Å²) in [5.41, 5.74) is 1.23. The molecule has 1 aromatic carbocycles. The molecule has 102 valence electrons. The Labute approximate surface area is 113 Å². The van der Waals surface area contributed by atoms with Crippen LogP contribution in [0.3, 0.4) is 0 Å². The fourth-order valence-electron chi connectivity index (χ4n) is 1.74. The monoisotopic (exact) mass is 261 g/mol. The summed E-state index contributed by atoms with van der Waals surface area (Å²) < 4.78 is 10.3. The molecule has 0 amide bonds. The number of hydrogen-bond acceptors (Lipinski definition) is 5. The van der Waals surface area contributed by atoms with Crippen molar-refractivity contribution in [1.29, 1.82) is 0 Å². The second kappa shape index (κ2) is 6.89. The molecule has 2 aromatic rings. The summed E-state index contributed by atoms with van der Waals surface area (Å²) in [5.74, 6) is 2.27. The topological polar surface area (TPSA) is 60.2 Å². The quantitative estimate of drug-likeness (QED) is 0.825. The Bertz CT molecular complexity index is 494. The van der Waals surface area contributed by atoms with Gasteiger partial charge < -0.3 is 14.6 Å². The van der Waals surface area contributed by atoms with E-state index in [-0.39, 0.29) is 0 Å². The van der Waals surface area contributed by atoms with E-state index >= 15 is 0 Å². The maximum Gasteiger partial charge on any atom is 0.227 e. The third kappa shape index (κ3) is 4.06. The maximum absolute atomic E-state index is 5.20. The smallest absolute Gasteiger partial charge is 0.227 e. The molecule has 19 heavy (non-hydrogen) atoms. The molecule has 0 bridgehead atoms. The molecule has 0 unspecified atom stereocenters. The lowest BCUT2D eigenvalue weighted by Crippen LogP contribution is -2.12. The average molecular weight is 261 g/mol. The number of rotatable bonds is 7. The summed E-state index contributed by atoms with van der Waals surface area (Å²) in [6.45, 7) is 3.60. The zero-order chi connectivity index (χ0) is 13.5. The minimum atomic E-state index is 0.655. The van der Waals surface area contributed by atoms with Gasteiger partial charge in [0.05, 0.1) is 13.7 Å². The van der Waals surface area contributed by atoms with Crippen LogP contribution < -0.4 is 10.1 Å². The predicted molar refractivity (Wildman–Crippen MR) is 72.1 cm³/mol. The van der Waals surface area contributed by atoms with E-state index in [4.69, 9.17) is 9.26 Å². The molecule has 0 aliphatic heterocycles. The van der Waals surface area contributed by atoms with Crippen molar-refractivity contribution in [1.82, 2.24) is 15.5 Å². The van der Waals surface area contributed by atoms with Crippen molar-refractivity contribution in [2.75, 3.05) is 13.7 Å². The van der Waals surface area contributed by atoms with Gasteiger partial charge in [0.2, 0.25) is 5.89 Å². The number of hydrogen-bond donors (Lipinski definition) is 1. The van der Waals surface area contributed by atoms with Crippen LogP contribution in [0.2, 0.25) is 0 Å². The van der Waals surface area contributed by atoms with Gasteiger partial charge in [0.1, 0.15) is 5.75 Å². The molecular weight excluding hydrogens is 242 g/mol. The largest absolute Gasteiger partial charge is 0.497 e. The highest BCUT2D eigenvalue weighted by Gasteiger charge is 2.06. The molecule has 1 heterocycles. The number of ether oxygens (including phenoxy) is 1. The van der Waals surface area contributed by atoms with Crippen molar-refractivity contribution in [3.8, 4) is 5.75 Å². The lowest BCUT2D eigenvalue weighted by molar-refractivity contribution is 0.371. The molecule has 0 radical (unpaired) electrons. The third-order valence-corrected chi connectivity index (χ3v) is 2.83. The van der Waals surface area contributed by atoms with Gasteiger partial charge in [0, 0.05) is 6.42 Å². The highest BCUT2D eigenvalue weighted by molar-refractivity contribution is 5.27. The van der Waals surface area contributed by atoms with Crippen LogP contribution in [0.25, 0.3) is 0 Å². The standard InChI is InChI=1S/C14H19N3O2/c1-3-15-10-13-16-14(19-17-13)9-6-11-4-7-12(18-2)8-5-11/h4-5,7-8,15H,3,6,9-10H2,1-2H3. The molecule has 1 N–H and O–H groups in total. The number of benzene rings is 1. The fraction of sp³-hybridized carbons (Fsp3) is 0.429. The molecule has 0 fully saturated rings. The van der Waals surface area contributed by atoms with Gasteiger partial charge in [0.25, 0.3) is 0 Å². The van der Waals surface area contributed by atoms with E-state index in [9.17, 15) is 0 Å². The van der Waals surface area contributed by atoms with Gasteiger partial charge in [-0.05, 0) is 30.7 Å². The van der Waals surface area contributed by atoms with Gasteiger partial charge in [-0.15, -0.1) is 0 Å². The third-order valence-electron chi connectivity index (χ3n) is 2.83. The van der Waals surface area contributed by atoms with E-state index in [2.05, 4.69) is 27.6 Å². The van der Waals surface area contributed by atoms with Gasteiger partial charge in [-0.1, -0.05) is 24.2 Å². The lowest BCUT2D eigenvalue weighted by Gasteiger charge is -2.01. The van der Waals surface area contributed by atoms with Crippen molar-refractivity contribution in [2.24, 2.45) is 0 Å². The molecule has 0 atom stereocenters. The van der Waals surface area contributed by atoms with E-state index in [0.717, 1.165) is 25.1 Å². The molecule has 0 saturated heterocycles. The Morgan fingerprint density at radius 3 is 2.68 bits per heavy atom. The van der Waals surface area contributed by atoms with Crippen molar-refractivity contribution >= 4 is 0 Å². The van der Waals surface area contributed by atoms with Crippen molar-refractivity contribution in [2.45, 2.75) is 26.3 Å². The summed E-state index contributed by atoms with van der Waals surface area (Å²) in [6.07, 6.45) is 1.64. The van der Waals surface area contributed by atoms with Gasteiger partial charge in [-0.2, -0.15) is 4.98 Å². The summed E-state index contributed by atoms with van der Waals surface area (Å²) >= 11 is 0. The Hall–Kier alpha value is -1.88. The Kier molecular flexibility index (Phi) is 4.92. The van der Waals surface area contributed by atoms with Gasteiger partial charge in [-0.25, -0.2) is 0 Å². The maximum atomic E-state index is 5.20. The molecule has 5 nitrogen and oxygen atoms in total. The normalized spacial score (nSPS) is 10.6. The van der Waals surface area contributed by atoms with Crippen molar-refractivity contribution < 1.29 is 9.26 Å². The molecule has 2 rings (SSSR count). The first-order valence-electron chi connectivity index (χ1n) is 6.47. The summed E-state index contributed by atoms with van der Waals surface area (Å²) in [4.78, 5) is 4.33. The summed E-state index contributed by atoms with van der Waals surface area (Å²) in [5, 5.41) is 7.09. The highest BCUT2D eigenvalue weighted by atomic mass is 16.5. The highest BCUT2D eigenvalue weighted by Crippen LogP contribution is 2.13. The first-order valence-corrected chi connectivity index (χ1v) is 6.47. The second-order valence-corrected chi connectivity index (χ2v) is 4.23.